The Hall–Kier alpha value is -3.39. The molecule has 148 valence electrons. The SMILES string of the molecule is O=C1CN(CC(=O)N2N=C(c3cc4ccccc4o3)C[C@H]2c2ccco2)CCN1. The Balaban J connectivity index is 1.43. The summed E-state index contributed by atoms with van der Waals surface area (Å²) in [6.07, 6.45) is 2.09. The molecule has 4 heterocycles. The average molecular weight is 392 g/mol. The van der Waals surface area contributed by atoms with Gasteiger partial charge in [-0.3, -0.25) is 14.5 Å². The summed E-state index contributed by atoms with van der Waals surface area (Å²) in [5.41, 5.74) is 1.48. The highest BCUT2D eigenvalue weighted by Gasteiger charge is 2.36. The molecule has 0 unspecified atom stereocenters. The van der Waals surface area contributed by atoms with Crippen LogP contribution in [0.25, 0.3) is 11.0 Å². The summed E-state index contributed by atoms with van der Waals surface area (Å²) in [6, 6.07) is 13.0. The quantitative estimate of drug-likeness (QED) is 0.735. The number of amides is 2. The minimum atomic E-state index is -0.334. The maximum absolute atomic E-state index is 13.0. The third-order valence-electron chi connectivity index (χ3n) is 5.22. The van der Waals surface area contributed by atoms with E-state index in [0.717, 1.165) is 11.0 Å². The molecule has 2 aromatic heterocycles. The summed E-state index contributed by atoms with van der Waals surface area (Å²) in [7, 11) is 0. The molecule has 8 heteroatoms. The predicted molar refractivity (Wildman–Crippen MR) is 105 cm³/mol. The van der Waals surface area contributed by atoms with E-state index >= 15 is 0 Å². The zero-order valence-electron chi connectivity index (χ0n) is 15.7. The molecule has 0 radical (unpaired) electrons. The van der Waals surface area contributed by atoms with Crippen LogP contribution in [0.2, 0.25) is 0 Å². The summed E-state index contributed by atoms with van der Waals surface area (Å²) >= 11 is 0. The molecular formula is C21H20N4O4. The average Bonchev–Trinajstić information content (AvgIpc) is 3.45. The molecule has 1 atom stereocenters. The van der Waals surface area contributed by atoms with Crippen molar-refractivity contribution in [2.24, 2.45) is 5.10 Å². The van der Waals surface area contributed by atoms with Crippen molar-refractivity contribution < 1.29 is 18.4 Å². The lowest BCUT2D eigenvalue weighted by molar-refractivity contribution is -0.135. The maximum Gasteiger partial charge on any atom is 0.257 e. The number of nitrogens with one attached hydrogen (secondary N) is 1. The highest BCUT2D eigenvalue weighted by atomic mass is 16.3. The fourth-order valence-corrected chi connectivity index (χ4v) is 3.81. The van der Waals surface area contributed by atoms with Gasteiger partial charge < -0.3 is 14.2 Å². The molecule has 8 nitrogen and oxygen atoms in total. The molecule has 2 aliphatic rings. The highest BCUT2D eigenvalue weighted by molar-refractivity contribution is 6.03. The Kier molecular flexibility index (Phi) is 4.40. The van der Waals surface area contributed by atoms with Crippen LogP contribution < -0.4 is 5.32 Å². The fourth-order valence-electron chi connectivity index (χ4n) is 3.81. The van der Waals surface area contributed by atoms with Crippen molar-refractivity contribution in [3.63, 3.8) is 0 Å². The number of carbonyl (C=O) groups is 2. The number of carbonyl (C=O) groups excluding carboxylic acids is 2. The molecule has 0 spiro atoms. The van der Waals surface area contributed by atoms with E-state index in [1.54, 1.807) is 12.3 Å². The van der Waals surface area contributed by atoms with E-state index in [0.29, 0.717) is 36.7 Å². The smallest absolute Gasteiger partial charge is 0.257 e. The van der Waals surface area contributed by atoms with E-state index in [4.69, 9.17) is 8.83 Å². The van der Waals surface area contributed by atoms with Crippen molar-refractivity contribution in [2.75, 3.05) is 26.2 Å². The minimum Gasteiger partial charge on any atom is -0.467 e. The third-order valence-corrected chi connectivity index (χ3v) is 5.22. The zero-order chi connectivity index (χ0) is 19.8. The lowest BCUT2D eigenvalue weighted by atomic mass is 10.1. The van der Waals surface area contributed by atoms with Crippen molar-refractivity contribution >= 4 is 28.5 Å². The summed E-state index contributed by atoms with van der Waals surface area (Å²) < 4.78 is 11.5. The fraction of sp³-hybridized carbons (Fsp3) is 0.286. The minimum absolute atomic E-state index is 0.0699. The summed E-state index contributed by atoms with van der Waals surface area (Å²) in [5.74, 6) is 1.08. The van der Waals surface area contributed by atoms with Gasteiger partial charge in [-0.1, -0.05) is 18.2 Å². The van der Waals surface area contributed by atoms with E-state index in [2.05, 4.69) is 10.4 Å². The van der Waals surface area contributed by atoms with Crippen molar-refractivity contribution in [2.45, 2.75) is 12.5 Å². The first-order valence-corrected chi connectivity index (χ1v) is 9.58. The summed E-state index contributed by atoms with van der Waals surface area (Å²) in [5, 5.41) is 9.82. The van der Waals surface area contributed by atoms with Gasteiger partial charge in [0.05, 0.1) is 19.4 Å². The first kappa shape index (κ1) is 17.7. The van der Waals surface area contributed by atoms with Gasteiger partial charge in [-0.05, 0) is 24.3 Å². The van der Waals surface area contributed by atoms with Crippen LogP contribution in [0.3, 0.4) is 0 Å². The van der Waals surface area contributed by atoms with Gasteiger partial charge in [-0.25, -0.2) is 5.01 Å². The molecule has 0 bridgehead atoms. The number of piperazine rings is 1. The summed E-state index contributed by atoms with van der Waals surface area (Å²) in [4.78, 5) is 26.5. The molecule has 1 saturated heterocycles. The zero-order valence-corrected chi connectivity index (χ0v) is 15.7. The first-order valence-electron chi connectivity index (χ1n) is 9.58. The number of hydrogen-bond donors (Lipinski definition) is 1. The molecule has 3 aromatic rings. The topological polar surface area (TPSA) is 91.3 Å². The van der Waals surface area contributed by atoms with Crippen LogP contribution in [0.1, 0.15) is 24.0 Å². The second kappa shape index (κ2) is 7.21. The van der Waals surface area contributed by atoms with Gasteiger partial charge in [0.15, 0.2) is 5.76 Å². The monoisotopic (exact) mass is 392 g/mol. The predicted octanol–water partition coefficient (Wildman–Crippen LogP) is 2.14. The maximum atomic E-state index is 13.0. The Morgan fingerprint density at radius 2 is 2.14 bits per heavy atom. The number of para-hydroxylation sites is 1. The second-order valence-corrected chi connectivity index (χ2v) is 7.23. The van der Waals surface area contributed by atoms with Crippen LogP contribution in [-0.2, 0) is 9.59 Å². The van der Waals surface area contributed by atoms with Crippen molar-refractivity contribution in [3.8, 4) is 0 Å². The van der Waals surface area contributed by atoms with Gasteiger partial charge in [0.2, 0.25) is 5.91 Å². The van der Waals surface area contributed by atoms with E-state index in [1.165, 1.54) is 5.01 Å². The van der Waals surface area contributed by atoms with Crippen molar-refractivity contribution in [1.82, 2.24) is 15.2 Å². The Labute approximate surface area is 166 Å². The normalized spacial score (nSPS) is 20.1. The highest BCUT2D eigenvalue weighted by Crippen LogP contribution is 2.34. The number of rotatable bonds is 4. The molecule has 1 aromatic carbocycles. The molecule has 2 aliphatic heterocycles. The second-order valence-electron chi connectivity index (χ2n) is 7.23. The van der Waals surface area contributed by atoms with Gasteiger partial charge in [0.1, 0.15) is 23.1 Å². The van der Waals surface area contributed by atoms with Crippen LogP contribution in [0.4, 0.5) is 0 Å². The number of hydrogen-bond acceptors (Lipinski definition) is 6. The number of furan rings is 2. The molecular weight excluding hydrogens is 372 g/mol. The third kappa shape index (κ3) is 3.42. The van der Waals surface area contributed by atoms with Gasteiger partial charge in [-0.2, -0.15) is 5.10 Å². The van der Waals surface area contributed by atoms with Crippen LogP contribution in [-0.4, -0.2) is 53.6 Å². The Bertz CT molecular complexity index is 1050. The Morgan fingerprint density at radius 1 is 1.24 bits per heavy atom. The van der Waals surface area contributed by atoms with Crippen molar-refractivity contribution in [1.29, 1.82) is 0 Å². The number of nitrogens with zero attached hydrogens (tertiary/aromatic N) is 3. The van der Waals surface area contributed by atoms with Crippen LogP contribution >= 0.6 is 0 Å². The van der Waals surface area contributed by atoms with E-state index in [9.17, 15) is 9.59 Å². The molecule has 0 aliphatic carbocycles. The standard InChI is InChI=1S/C21H20N4O4/c26-20-12-24(8-7-22-20)13-21(27)25-16(18-6-3-9-28-18)11-15(23-25)19-10-14-4-1-2-5-17(14)29-19/h1-6,9-10,16H,7-8,11-13H2,(H,22,26)/t16-/m0/s1. The van der Waals surface area contributed by atoms with Crippen LogP contribution in [0.5, 0.6) is 0 Å². The summed E-state index contributed by atoms with van der Waals surface area (Å²) in [6.45, 7) is 1.52. The molecule has 5 rings (SSSR count). The Morgan fingerprint density at radius 3 is 2.93 bits per heavy atom. The number of hydrazone groups is 1. The van der Waals surface area contributed by atoms with Gasteiger partial charge in [0.25, 0.3) is 5.91 Å². The van der Waals surface area contributed by atoms with Gasteiger partial charge in [-0.15, -0.1) is 0 Å². The van der Waals surface area contributed by atoms with Crippen molar-refractivity contribution in [3.05, 3.63) is 60.2 Å². The number of benzene rings is 1. The lowest BCUT2D eigenvalue weighted by Gasteiger charge is -2.28. The van der Waals surface area contributed by atoms with E-state index in [1.807, 2.05) is 41.3 Å². The molecule has 1 fully saturated rings. The van der Waals surface area contributed by atoms with E-state index < -0.39 is 0 Å². The van der Waals surface area contributed by atoms with Gasteiger partial charge in [0, 0.05) is 24.9 Å². The molecule has 1 N–H and O–H groups in total. The molecule has 29 heavy (non-hydrogen) atoms. The molecule has 2 amide bonds. The first-order chi connectivity index (χ1) is 14.2. The molecule has 0 saturated carbocycles. The number of fused-ring (bicyclic) bond motifs is 1. The van der Waals surface area contributed by atoms with Crippen LogP contribution in [0.15, 0.2) is 62.7 Å². The van der Waals surface area contributed by atoms with E-state index in [-0.39, 0.29) is 30.9 Å². The van der Waals surface area contributed by atoms with Gasteiger partial charge >= 0.3 is 0 Å². The largest absolute Gasteiger partial charge is 0.467 e. The van der Waals surface area contributed by atoms with Crippen LogP contribution in [0, 0.1) is 0 Å². The lowest BCUT2D eigenvalue weighted by Crippen LogP contribution is -2.50.